The fraction of sp³-hybridized carbons (Fsp3) is 0.357. The van der Waals surface area contributed by atoms with Crippen molar-refractivity contribution >= 4 is 54.7 Å². The largest absolute Gasteiger partial charge is 0.494 e. The van der Waals surface area contributed by atoms with Gasteiger partial charge in [-0.2, -0.15) is 26.3 Å². The number of hydrogen-bond acceptors (Lipinski definition) is 6. The summed E-state index contributed by atoms with van der Waals surface area (Å²) in [7, 11) is 0. The molecule has 0 spiro atoms. The molecule has 4 aromatic rings. The van der Waals surface area contributed by atoms with E-state index in [0.717, 1.165) is 31.3 Å². The number of fused-ring (bicyclic) bond motifs is 2. The van der Waals surface area contributed by atoms with Gasteiger partial charge in [-0.3, -0.25) is 9.59 Å². The number of halogens is 6. The third-order valence-corrected chi connectivity index (χ3v) is 8.23. The van der Waals surface area contributed by atoms with Crippen molar-refractivity contribution in [2.24, 2.45) is 0 Å². The number of unbranched alkanes of at least 4 members (excludes halogenated alkanes) is 1. The van der Waals surface area contributed by atoms with Crippen LogP contribution in [0.4, 0.5) is 26.3 Å². The van der Waals surface area contributed by atoms with Gasteiger partial charge in [0.1, 0.15) is 11.5 Å². The Morgan fingerprint density at radius 2 is 1.07 bits per heavy atom. The summed E-state index contributed by atoms with van der Waals surface area (Å²) in [6, 6.07) is 11.1. The molecule has 0 saturated heterocycles. The molecule has 0 saturated carbocycles. The molecule has 14 heteroatoms. The van der Waals surface area contributed by atoms with Crippen LogP contribution in [0.2, 0.25) is 0 Å². The minimum atomic E-state index is -4.91. The van der Waals surface area contributed by atoms with E-state index in [2.05, 4.69) is 0 Å². The molecular weight excluding hydrogens is 606 g/mol. The zero-order chi connectivity index (χ0) is 30.3. The maximum Gasteiger partial charge on any atom is 0.471 e. The molecule has 2 aromatic carbocycles. The van der Waals surface area contributed by atoms with Gasteiger partial charge in [-0.25, -0.2) is 0 Å². The van der Waals surface area contributed by atoms with E-state index >= 15 is 0 Å². The molecule has 6 nitrogen and oxygen atoms in total. The second-order valence-corrected chi connectivity index (χ2v) is 11.1. The third-order valence-electron chi connectivity index (χ3n) is 6.20. The summed E-state index contributed by atoms with van der Waals surface area (Å²) >= 11 is 2.93. The monoisotopic (exact) mass is 632 g/mol. The quantitative estimate of drug-likeness (QED) is 0.126. The summed E-state index contributed by atoms with van der Waals surface area (Å²) in [6.07, 6.45) is -7.90. The van der Waals surface area contributed by atoms with Gasteiger partial charge in [0.2, 0.25) is 0 Å². The maximum atomic E-state index is 12.4. The number of amides is 2. The highest BCUT2D eigenvalue weighted by atomic mass is 32.1. The predicted octanol–water partition coefficient (Wildman–Crippen LogP) is 6.80. The van der Waals surface area contributed by atoms with Crippen molar-refractivity contribution < 1.29 is 45.4 Å². The number of ether oxygens (including phenoxy) is 2. The van der Waals surface area contributed by atoms with Crippen molar-refractivity contribution in [3.05, 3.63) is 58.3 Å². The molecule has 2 N–H and O–H groups in total. The zero-order valence-electron chi connectivity index (χ0n) is 22.0. The molecule has 2 amide bonds. The van der Waals surface area contributed by atoms with E-state index in [1.807, 2.05) is 57.8 Å². The van der Waals surface area contributed by atoms with Gasteiger partial charge in [0.05, 0.1) is 13.2 Å². The van der Waals surface area contributed by atoms with Gasteiger partial charge in [0, 0.05) is 22.5 Å². The summed E-state index contributed by atoms with van der Waals surface area (Å²) in [6.45, 7) is 0.590. The number of hydrogen-bond donors (Lipinski definition) is 2. The Bertz CT molecular complexity index is 1420. The van der Waals surface area contributed by atoms with Crippen LogP contribution in [-0.4, -0.2) is 50.5 Å². The standard InChI is InChI=1S/C28H26F6N2O4S2/c29-27(30,31)25(37)35-9-7-17-15-41-23-5-3-19(13-21(17)23)39-11-1-2-12-40-20-4-6-24-22(14-20)18(16-42-24)8-10-36-26(38)28(32,33)34/h3-6,13-16H,1-2,7-12H2,(H,35,37)(H,36,38). The highest BCUT2D eigenvalue weighted by molar-refractivity contribution is 7.17. The molecule has 0 aliphatic carbocycles. The van der Waals surface area contributed by atoms with E-state index in [4.69, 9.17) is 9.47 Å². The summed E-state index contributed by atoms with van der Waals surface area (Å²) < 4.78 is 87.9. The Kier molecular flexibility index (Phi) is 10.2. The average molecular weight is 633 g/mol. The van der Waals surface area contributed by atoms with Gasteiger partial charge in [0.25, 0.3) is 0 Å². The molecule has 0 aliphatic heterocycles. The van der Waals surface area contributed by atoms with E-state index in [1.54, 1.807) is 0 Å². The van der Waals surface area contributed by atoms with Crippen molar-refractivity contribution in [2.75, 3.05) is 26.3 Å². The molecule has 0 bridgehead atoms. The van der Waals surface area contributed by atoms with Crippen molar-refractivity contribution in [2.45, 2.75) is 38.0 Å². The summed E-state index contributed by atoms with van der Waals surface area (Å²) in [5, 5.41) is 9.21. The second kappa shape index (κ2) is 13.6. The first-order chi connectivity index (χ1) is 19.9. The second-order valence-electron chi connectivity index (χ2n) is 9.25. The number of carbonyl (C=O) groups is 2. The molecule has 2 heterocycles. The van der Waals surface area contributed by atoms with Gasteiger partial charge < -0.3 is 20.1 Å². The summed E-state index contributed by atoms with van der Waals surface area (Å²) in [5.41, 5.74) is 1.65. The number of benzene rings is 2. The van der Waals surface area contributed by atoms with Crippen LogP contribution < -0.4 is 20.1 Å². The highest BCUT2D eigenvalue weighted by Crippen LogP contribution is 2.31. The number of nitrogens with one attached hydrogen (secondary N) is 2. The molecule has 4 rings (SSSR count). The van der Waals surface area contributed by atoms with E-state index < -0.39 is 24.2 Å². The fourth-order valence-electron chi connectivity index (χ4n) is 4.09. The Balaban J connectivity index is 1.20. The predicted molar refractivity (Wildman–Crippen MR) is 149 cm³/mol. The van der Waals surface area contributed by atoms with Gasteiger partial charge in [-0.1, -0.05) is 0 Å². The Labute approximate surface area is 244 Å². The number of carbonyl (C=O) groups excluding carboxylic acids is 2. The summed E-state index contributed by atoms with van der Waals surface area (Å²) in [4.78, 5) is 22.0. The van der Waals surface area contributed by atoms with Crippen molar-refractivity contribution in [3.63, 3.8) is 0 Å². The lowest BCUT2D eigenvalue weighted by atomic mass is 10.1. The molecular formula is C28H26F6N2O4S2. The van der Waals surface area contributed by atoms with E-state index in [-0.39, 0.29) is 25.9 Å². The topological polar surface area (TPSA) is 76.7 Å². The van der Waals surface area contributed by atoms with Crippen LogP contribution in [0, 0.1) is 0 Å². The average Bonchev–Trinajstić information content (AvgIpc) is 3.53. The minimum Gasteiger partial charge on any atom is -0.494 e. The molecule has 0 fully saturated rings. The molecule has 0 radical (unpaired) electrons. The van der Waals surface area contributed by atoms with Crippen LogP contribution >= 0.6 is 22.7 Å². The normalized spacial score (nSPS) is 12.0. The molecule has 0 atom stereocenters. The van der Waals surface area contributed by atoms with Crippen LogP contribution in [0.5, 0.6) is 11.5 Å². The Morgan fingerprint density at radius 3 is 1.45 bits per heavy atom. The van der Waals surface area contributed by atoms with Crippen LogP contribution in [0.15, 0.2) is 47.2 Å². The molecule has 2 aromatic heterocycles. The number of rotatable bonds is 13. The van der Waals surface area contributed by atoms with E-state index in [0.29, 0.717) is 37.6 Å². The number of alkyl halides is 6. The molecule has 0 aliphatic rings. The molecule has 42 heavy (non-hydrogen) atoms. The first-order valence-electron chi connectivity index (χ1n) is 12.9. The lowest BCUT2D eigenvalue weighted by Gasteiger charge is -2.10. The van der Waals surface area contributed by atoms with Gasteiger partial charge in [-0.15, -0.1) is 22.7 Å². The van der Waals surface area contributed by atoms with Crippen LogP contribution in [-0.2, 0) is 22.4 Å². The molecule has 226 valence electrons. The lowest BCUT2D eigenvalue weighted by Crippen LogP contribution is -2.37. The Morgan fingerprint density at radius 1 is 0.667 bits per heavy atom. The first-order valence-corrected chi connectivity index (χ1v) is 14.6. The van der Waals surface area contributed by atoms with Crippen LogP contribution in [0.25, 0.3) is 20.2 Å². The fourth-order valence-corrected chi connectivity index (χ4v) is 6.05. The Hall–Kier alpha value is -3.52. The van der Waals surface area contributed by atoms with Gasteiger partial charge in [-0.05, 0) is 94.7 Å². The maximum absolute atomic E-state index is 12.4. The minimum absolute atomic E-state index is 0.129. The van der Waals surface area contributed by atoms with E-state index in [9.17, 15) is 35.9 Å². The van der Waals surface area contributed by atoms with Crippen molar-refractivity contribution in [1.82, 2.24) is 10.6 Å². The lowest BCUT2D eigenvalue weighted by molar-refractivity contribution is -0.173. The third kappa shape index (κ3) is 8.51. The first kappa shape index (κ1) is 31.4. The van der Waals surface area contributed by atoms with E-state index in [1.165, 1.54) is 22.7 Å². The van der Waals surface area contributed by atoms with Gasteiger partial charge in [0.15, 0.2) is 0 Å². The zero-order valence-corrected chi connectivity index (χ0v) is 23.6. The SMILES string of the molecule is O=C(NCCc1csc2ccc(OCCCCOc3ccc4scc(CCNC(=O)C(F)(F)F)c4c3)cc12)C(F)(F)F. The highest BCUT2D eigenvalue weighted by Gasteiger charge is 2.38. The van der Waals surface area contributed by atoms with Crippen molar-refractivity contribution in [1.29, 1.82) is 0 Å². The number of thiophene rings is 2. The van der Waals surface area contributed by atoms with Gasteiger partial charge >= 0.3 is 24.2 Å². The summed E-state index contributed by atoms with van der Waals surface area (Å²) in [5.74, 6) is -2.66. The van der Waals surface area contributed by atoms with Crippen molar-refractivity contribution in [3.8, 4) is 11.5 Å². The smallest absolute Gasteiger partial charge is 0.471 e. The molecule has 0 unspecified atom stereocenters. The van der Waals surface area contributed by atoms with Crippen LogP contribution in [0.1, 0.15) is 24.0 Å². The van der Waals surface area contributed by atoms with Crippen LogP contribution in [0.3, 0.4) is 0 Å².